The van der Waals surface area contributed by atoms with Crippen LogP contribution in [0.4, 0.5) is 4.79 Å². The molecule has 7 heteroatoms. The molecule has 7 nitrogen and oxygen atoms in total. The second-order valence-electron chi connectivity index (χ2n) is 6.56. The Labute approximate surface area is 152 Å². The van der Waals surface area contributed by atoms with E-state index in [1.54, 1.807) is 11.8 Å². The Bertz CT molecular complexity index is 778. The summed E-state index contributed by atoms with van der Waals surface area (Å²) in [4.78, 5) is 29.9. The first-order valence-corrected chi connectivity index (χ1v) is 9.12. The van der Waals surface area contributed by atoms with Crippen LogP contribution in [0.25, 0.3) is 11.1 Å². The maximum Gasteiger partial charge on any atom is 0.409 e. The molecular weight excluding hydrogens is 334 g/mol. The Morgan fingerprint density at radius 3 is 2.85 bits per heavy atom. The van der Waals surface area contributed by atoms with E-state index >= 15 is 0 Å². The summed E-state index contributed by atoms with van der Waals surface area (Å²) in [5.41, 5.74) is 2.66. The van der Waals surface area contributed by atoms with Gasteiger partial charge in [0.25, 0.3) is 0 Å². The number of rotatable bonds is 5. The number of fused-ring (bicyclic) bond motifs is 1. The van der Waals surface area contributed by atoms with Crippen molar-refractivity contribution in [3.8, 4) is 0 Å². The first-order valence-electron chi connectivity index (χ1n) is 9.12. The Kier molecular flexibility index (Phi) is 5.75. The number of nitrogens with zero attached hydrogens (tertiary/aromatic N) is 2. The van der Waals surface area contributed by atoms with Crippen molar-refractivity contribution in [2.24, 2.45) is 0 Å². The van der Waals surface area contributed by atoms with Crippen molar-refractivity contribution in [3.63, 3.8) is 0 Å². The van der Waals surface area contributed by atoms with E-state index < -0.39 is 0 Å². The molecule has 1 aromatic carbocycles. The van der Waals surface area contributed by atoms with Crippen molar-refractivity contribution in [3.05, 3.63) is 29.7 Å². The van der Waals surface area contributed by atoms with E-state index in [1.807, 2.05) is 25.1 Å². The van der Waals surface area contributed by atoms with Crippen molar-refractivity contribution in [1.82, 2.24) is 15.2 Å². The fourth-order valence-electron chi connectivity index (χ4n) is 3.22. The molecule has 1 aliphatic heterocycles. The third kappa shape index (κ3) is 4.53. The van der Waals surface area contributed by atoms with Crippen LogP contribution in [-0.4, -0.2) is 47.6 Å². The van der Waals surface area contributed by atoms with Crippen molar-refractivity contribution in [1.29, 1.82) is 0 Å². The van der Waals surface area contributed by atoms with Crippen molar-refractivity contribution in [2.75, 3.05) is 19.7 Å². The van der Waals surface area contributed by atoms with Gasteiger partial charge < -0.3 is 19.4 Å². The lowest BCUT2D eigenvalue weighted by molar-refractivity contribution is -0.122. The van der Waals surface area contributed by atoms with Gasteiger partial charge in [0.15, 0.2) is 11.5 Å². The summed E-state index contributed by atoms with van der Waals surface area (Å²) in [6, 6.07) is 5.96. The quantitative estimate of drug-likeness (QED) is 0.887. The fourth-order valence-corrected chi connectivity index (χ4v) is 3.22. The predicted molar refractivity (Wildman–Crippen MR) is 96.8 cm³/mol. The van der Waals surface area contributed by atoms with Gasteiger partial charge in [-0.15, -0.1) is 0 Å². The largest absolute Gasteiger partial charge is 0.450 e. The van der Waals surface area contributed by atoms with Gasteiger partial charge in [-0.3, -0.25) is 4.79 Å². The van der Waals surface area contributed by atoms with Gasteiger partial charge in [0.1, 0.15) is 5.52 Å². The summed E-state index contributed by atoms with van der Waals surface area (Å²) in [6.45, 7) is 5.24. The molecule has 0 unspecified atom stereocenters. The molecule has 0 radical (unpaired) electrons. The van der Waals surface area contributed by atoms with Gasteiger partial charge in [-0.2, -0.15) is 0 Å². The third-order valence-corrected chi connectivity index (χ3v) is 4.59. The van der Waals surface area contributed by atoms with Crippen molar-refractivity contribution >= 4 is 23.1 Å². The van der Waals surface area contributed by atoms with E-state index in [4.69, 9.17) is 9.15 Å². The number of nitrogens with one attached hydrogen (secondary N) is 1. The minimum Gasteiger partial charge on any atom is -0.450 e. The van der Waals surface area contributed by atoms with E-state index in [-0.39, 0.29) is 18.0 Å². The lowest BCUT2D eigenvalue weighted by atomic mass is 10.0. The summed E-state index contributed by atoms with van der Waals surface area (Å²) < 4.78 is 10.5. The molecule has 2 heterocycles. The van der Waals surface area contributed by atoms with E-state index in [0.717, 1.165) is 29.5 Å². The summed E-state index contributed by atoms with van der Waals surface area (Å²) in [5, 5.41) is 3.07. The van der Waals surface area contributed by atoms with Gasteiger partial charge in [-0.05, 0) is 43.9 Å². The number of likely N-dealkylation sites (tertiary alicyclic amines) is 1. The van der Waals surface area contributed by atoms with Crippen LogP contribution in [-0.2, 0) is 16.0 Å². The van der Waals surface area contributed by atoms with Gasteiger partial charge in [0.05, 0.1) is 6.61 Å². The number of hydrogen-bond donors (Lipinski definition) is 1. The van der Waals surface area contributed by atoms with Crippen molar-refractivity contribution < 1.29 is 18.7 Å². The zero-order chi connectivity index (χ0) is 18.5. The van der Waals surface area contributed by atoms with Crippen LogP contribution in [0.5, 0.6) is 0 Å². The van der Waals surface area contributed by atoms with Crippen LogP contribution in [0.1, 0.15) is 37.6 Å². The normalized spacial score (nSPS) is 15.2. The van der Waals surface area contributed by atoms with E-state index in [1.165, 1.54) is 0 Å². The van der Waals surface area contributed by atoms with Gasteiger partial charge in [-0.25, -0.2) is 9.78 Å². The van der Waals surface area contributed by atoms with Gasteiger partial charge in [0, 0.05) is 32.5 Å². The number of hydrogen-bond acceptors (Lipinski definition) is 5. The Morgan fingerprint density at radius 1 is 1.35 bits per heavy atom. The number of amides is 2. The summed E-state index contributed by atoms with van der Waals surface area (Å²) in [6.07, 6.45) is 2.34. The van der Waals surface area contributed by atoms with Crippen LogP contribution in [0.15, 0.2) is 22.6 Å². The second kappa shape index (κ2) is 8.21. The third-order valence-electron chi connectivity index (χ3n) is 4.59. The molecule has 0 atom stereocenters. The minimum atomic E-state index is -0.268. The number of carbonyl (C=O) groups is 2. The minimum absolute atomic E-state index is 0.0380. The topological polar surface area (TPSA) is 84.7 Å². The van der Waals surface area contributed by atoms with Crippen LogP contribution >= 0.6 is 0 Å². The van der Waals surface area contributed by atoms with Crippen LogP contribution in [0.3, 0.4) is 0 Å². The molecule has 0 aliphatic carbocycles. The lowest BCUT2D eigenvalue weighted by Crippen LogP contribution is -2.46. The monoisotopic (exact) mass is 359 g/mol. The number of oxazole rings is 1. The van der Waals surface area contributed by atoms with Crippen LogP contribution in [0.2, 0.25) is 0 Å². The summed E-state index contributed by atoms with van der Waals surface area (Å²) >= 11 is 0. The predicted octanol–water partition coefficient (Wildman–Crippen LogP) is 2.81. The molecule has 2 amide bonds. The molecule has 1 aromatic heterocycles. The Balaban J connectivity index is 1.43. The summed E-state index contributed by atoms with van der Waals surface area (Å²) in [5.74, 6) is 0.681. The average molecular weight is 359 g/mol. The molecule has 0 bridgehead atoms. The summed E-state index contributed by atoms with van der Waals surface area (Å²) in [7, 11) is 0. The van der Waals surface area contributed by atoms with Gasteiger partial charge in [0.2, 0.25) is 5.91 Å². The maximum absolute atomic E-state index is 12.2. The zero-order valence-electron chi connectivity index (χ0n) is 15.3. The van der Waals surface area contributed by atoms with Crippen LogP contribution in [0, 0.1) is 6.92 Å². The maximum atomic E-state index is 12.2. The van der Waals surface area contributed by atoms with E-state index in [0.29, 0.717) is 38.4 Å². The number of aromatic nitrogens is 1. The molecular formula is C19H25N3O4. The molecule has 1 fully saturated rings. The highest BCUT2D eigenvalue weighted by Crippen LogP contribution is 2.18. The molecule has 3 rings (SSSR count). The average Bonchev–Trinajstić information content (AvgIpc) is 3.00. The number of ether oxygens (including phenoxy) is 1. The van der Waals surface area contributed by atoms with Gasteiger partial charge in [-0.1, -0.05) is 6.07 Å². The molecule has 26 heavy (non-hydrogen) atoms. The Hall–Kier alpha value is -2.57. The second-order valence-corrected chi connectivity index (χ2v) is 6.56. The smallest absolute Gasteiger partial charge is 0.409 e. The highest BCUT2D eigenvalue weighted by molar-refractivity contribution is 5.77. The SMILES string of the molecule is CCOC(=O)N1CCC(NC(=O)CCc2ccc3oc(C)nc3c2)CC1. The number of piperidine rings is 1. The highest BCUT2D eigenvalue weighted by Gasteiger charge is 2.24. The van der Waals surface area contributed by atoms with E-state index in [9.17, 15) is 9.59 Å². The zero-order valence-corrected chi connectivity index (χ0v) is 15.3. The van der Waals surface area contributed by atoms with Crippen LogP contribution < -0.4 is 5.32 Å². The highest BCUT2D eigenvalue weighted by atomic mass is 16.6. The first kappa shape index (κ1) is 18.2. The van der Waals surface area contributed by atoms with Crippen molar-refractivity contribution in [2.45, 2.75) is 45.6 Å². The molecule has 1 N–H and O–H groups in total. The lowest BCUT2D eigenvalue weighted by Gasteiger charge is -2.31. The fraction of sp³-hybridized carbons (Fsp3) is 0.526. The van der Waals surface area contributed by atoms with Gasteiger partial charge >= 0.3 is 6.09 Å². The molecule has 140 valence electrons. The molecule has 1 saturated heterocycles. The molecule has 0 saturated carbocycles. The number of benzene rings is 1. The molecule has 2 aromatic rings. The molecule has 1 aliphatic rings. The standard InChI is InChI=1S/C19H25N3O4/c1-3-25-19(24)22-10-8-15(9-11-22)21-18(23)7-5-14-4-6-17-16(12-14)20-13(2)26-17/h4,6,12,15H,3,5,7-11H2,1-2H3,(H,21,23). The molecule has 0 spiro atoms. The Morgan fingerprint density at radius 2 is 2.12 bits per heavy atom. The number of aryl methyl sites for hydroxylation is 2. The first-order chi connectivity index (χ1) is 12.5. The van der Waals surface area contributed by atoms with E-state index in [2.05, 4.69) is 10.3 Å². The number of carbonyl (C=O) groups excluding carboxylic acids is 2.